The van der Waals surface area contributed by atoms with Crippen molar-refractivity contribution in [2.24, 2.45) is 5.10 Å². The van der Waals surface area contributed by atoms with Crippen molar-refractivity contribution < 1.29 is 14.1 Å². The Hall–Kier alpha value is -3.16. The minimum absolute atomic E-state index is 0.148. The van der Waals surface area contributed by atoms with Crippen LogP contribution in [0, 0.1) is 10.1 Å². The molecule has 3 aromatic rings. The van der Waals surface area contributed by atoms with Gasteiger partial charge >= 0.3 is 0 Å². The molecule has 3 rings (SSSR count). The lowest BCUT2D eigenvalue weighted by Crippen LogP contribution is -2.19. The lowest BCUT2D eigenvalue weighted by Gasteiger charge is -2.01. The Morgan fingerprint density at radius 3 is 2.54 bits per heavy atom. The summed E-state index contributed by atoms with van der Waals surface area (Å²) in [5.74, 6) is 0.307. The first-order valence-electron chi connectivity index (χ1n) is 8.03. The van der Waals surface area contributed by atoms with E-state index in [4.69, 9.17) is 27.6 Å². The van der Waals surface area contributed by atoms with E-state index in [0.717, 1.165) is 5.56 Å². The molecule has 1 amide bonds. The van der Waals surface area contributed by atoms with E-state index in [1.807, 2.05) is 0 Å². The number of carbonyl (C=O) groups excluding carboxylic acids is 1. The summed E-state index contributed by atoms with van der Waals surface area (Å²) in [5, 5.41) is 15.9. The van der Waals surface area contributed by atoms with Crippen LogP contribution in [0.15, 0.2) is 64.1 Å². The zero-order valence-corrected chi connectivity index (χ0v) is 15.8. The molecule has 28 heavy (non-hydrogen) atoms. The predicted molar refractivity (Wildman–Crippen MR) is 107 cm³/mol. The number of hydrazone groups is 1. The highest BCUT2D eigenvalue weighted by atomic mass is 35.5. The van der Waals surface area contributed by atoms with Crippen molar-refractivity contribution in [2.45, 2.75) is 6.42 Å². The zero-order chi connectivity index (χ0) is 20.1. The standard InChI is InChI=1S/C19H13Cl2N3O4/c20-13-3-1-12(2-4-13)9-19(25)23-22-11-15-6-8-18(28-15)16-7-5-14(21)10-17(16)24(26)27/h1-8,10-11H,9H2,(H,23,25)/b22-11-. The van der Waals surface area contributed by atoms with Gasteiger partial charge in [-0.25, -0.2) is 5.43 Å². The largest absolute Gasteiger partial charge is 0.455 e. The van der Waals surface area contributed by atoms with E-state index in [9.17, 15) is 14.9 Å². The van der Waals surface area contributed by atoms with E-state index in [1.54, 1.807) is 36.4 Å². The van der Waals surface area contributed by atoms with Crippen LogP contribution in [0.2, 0.25) is 10.0 Å². The summed E-state index contributed by atoms with van der Waals surface area (Å²) in [7, 11) is 0. The fraction of sp³-hybridized carbons (Fsp3) is 0.0526. The molecule has 1 heterocycles. The Kier molecular flexibility index (Phi) is 6.08. The van der Waals surface area contributed by atoms with E-state index >= 15 is 0 Å². The van der Waals surface area contributed by atoms with Gasteiger partial charge in [0.05, 0.1) is 23.1 Å². The Morgan fingerprint density at radius 1 is 1.11 bits per heavy atom. The minimum Gasteiger partial charge on any atom is -0.455 e. The monoisotopic (exact) mass is 417 g/mol. The van der Waals surface area contributed by atoms with Gasteiger partial charge in [-0.2, -0.15) is 5.10 Å². The number of nitro groups is 1. The first-order chi connectivity index (χ1) is 13.4. The molecule has 9 heteroatoms. The normalized spacial score (nSPS) is 10.9. The molecule has 0 unspecified atom stereocenters. The third-order valence-electron chi connectivity index (χ3n) is 3.71. The highest BCUT2D eigenvalue weighted by Crippen LogP contribution is 2.33. The van der Waals surface area contributed by atoms with Gasteiger partial charge in [-0.05, 0) is 42.0 Å². The number of nitrogens with one attached hydrogen (secondary N) is 1. The second kappa shape index (κ2) is 8.69. The highest BCUT2D eigenvalue weighted by molar-refractivity contribution is 6.31. The molecule has 0 radical (unpaired) electrons. The van der Waals surface area contributed by atoms with E-state index in [2.05, 4.69) is 10.5 Å². The maximum absolute atomic E-state index is 11.9. The summed E-state index contributed by atoms with van der Waals surface area (Å²) in [6.07, 6.45) is 1.46. The van der Waals surface area contributed by atoms with Gasteiger partial charge in [0.1, 0.15) is 11.5 Å². The number of amides is 1. The van der Waals surface area contributed by atoms with Gasteiger partial charge in [0.2, 0.25) is 5.91 Å². The van der Waals surface area contributed by atoms with Gasteiger partial charge in [0.25, 0.3) is 5.69 Å². The maximum Gasteiger partial charge on any atom is 0.281 e. The van der Waals surface area contributed by atoms with Gasteiger partial charge in [-0.1, -0.05) is 35.3 Å². The van der Waals surface area contributed by atoms with Gasteiger partial charge in [0.15, 0.2) is 0 Å². The lowest BCUT2D eigenvalue weighted by atomic mass is 10.1. The van der Waals surface area contributed by atoms with Gasteiger partial charge in [-0.3, -0.25) is 14.9 Å². The topological polar surface area (TPSA) is 97.7 Å². The number of rotatable bonds is 6. The second-order valence-corrected chi connectivity index (χ2v) is 6.59. The van der Waals surface area contributed by atoms with Crippen molar-refractivity contribution in [3.8, 4) is 11.3 Å². The molecule has 0 aliphatic carbocycles. The molecule has 0 saturated carbocycles. The fourth-order valence-electron chi connectivity index (χ4n) is 2.43. The molecule has 0 fully saturated rings. The van der Waals surface area contributed by atoms with Gasteiger partial charge < -0.3 is 4.42 Å². The Morgan fingerprint density at radius 2 is 1.82 bits per heavy atom. The Bertz CT molecular complexity index is 1050. The molecule has 1 N–H and O–H groups in total. The third kappa shape index (κ3) is 4.97. The maximum atomic E-state index is 11.9. The molecule has 142 valence electrons. The number of carbonyl (C=O) groups is 1. The van der Waals surface area contributed by atoms with Crippen LogP contribution in [-0.4, -0.2) is 17.0 Å². The number of halogens is 2. The molecule has 0 bridgehead atoms. The van der Waals surface area contributed by atoms with Crippen LogP contribution in [0.4, 0.5) is 5.69 Å². The number of hydrogen-bond donors (Lipinski definition) is 1. The summed E-state index contributed by atoms with van der Waals surface area (Å²) in [5.41, 5.74) is 3.32. The van der Waals surface area contributed by atoms with Crippen molar-refractivity contribution in [1.29, 1.82) is 0 Å². The van der Waals surface area contributed by atoms with Crippen LogP contribution < -0.4 is 5.43 Å². The van der Waals surface area contributed by atoms with Crippen molar-refractivity contribution in [2.75, 3.05) is 0 Å². The Balaban J connectivity index is 1.65. The third-order valence-corrected chi connectivity index (χ3v) is 4.19. The first-order valence-corrected chi connectivity index (χ1v) is 8.78. The quantitative estimate of drug-likeness (QED) is 0.351. The zero-order valence-electron chi connectivity index (χ0n) is 14.3. The van der Waals surface area contributed by atoms with Gasteiger partial charge in [0, 0.05) is 16.1 Å². The van der Waals surface area contributed by atoms with Crippen molar-refractivity contribution in [1.82, 2.24) is 5.43 Å². The molecular formula is C19H13Cl2N3O4. The smallest absolute Gasteiger partial charge is 0.281 e. The van der Waals surface area contributed by atoms with Crippen molar-refractivity contribution >= 4 is 41.0 Å². The van der Waals surface area contributed by atoms with Crippen LogP contribution in [0.5, 0.6) is 0 Å². The summed E-state index contributed by atoms with van der Waals surface area (Å²) in [4.78, 5) is 22.6. The Labute approximate surface area is 169 Å². The summed E-state index contributed by atoms with van der Waals surface area (Å²) < 4.78 is 5.55. The van der Waals surface area contributed by atoms with Crippen LogP contribution in [0.25, 0.3) is 11.3 Å². The number of hydrogen-bond acceptors (Lipinski definition) is 5. The van der Waals surface area contributed by atoms with Crippen LogP contribution in [0.3, 0.4) is 0 Å². The van der Waals surface area contributed by atoms with Crippen molar-refractivity contribution in [3.05, 3.63) is 86.1 Å². The minimum atomic E-state index is -0.533. The van der Waals surface area contributed by atoms with Crippen LogP contribution in [-0.2, 0) is 11.2 Å². The molecule has 0 aliphatic rings. The number of benzene rings is 2. The average Bonchev–Trinajstić information content (AvgIpc) is 3.12. The molecule has 0 saturated heterocycles. The molecule has 0 aliphatic heterocycles. The SMILES string of the molecule is O=C(Cc1ccc(Cl)cc1)N/N=C\c1ccc(-c2ccc(Cl)cc2[N+](=O)[O-])o1. The molecule has 7 nitrogen and oxygen atoms in total. The lowest BCUT2D eigenvalue weighted by molar-refractivity contribution is -0.384. The van der Waals surface area contributed by atoms with E-state index < -0.39 is 4.92 Å². The van der Waals surface area contributed by atoms with E-state index in [0.29, 0.717) is 16.3 Å². The number of nitrogens with zero attached hydrogens (tertiary/aromatic N) is 2. The molecule has 0 spiro atoms. The molecule has 1 aromatic heterocycles. The highest BCUT2D eigenvalue weighted by Gasteiger charge is 2.18. The summed E-state index contributed by atoms with van der Waals surface area (Å²) in [6.45, 7) is 0. The average molecular weight is 418 g/mol. The van der Waals surface area contributed by atoms with E-state index in [-0.39, 0.29) is 28.8 Å². The summed E-state index contributed by atoms with van der Waals surface area (Å²) in [6, 6.07) is 14.4. The van der Waals surface area contributed by atoms with Crippen LogP contribution in [0.1, 0.15) is 11.3 Å². The van der Waals surface area contributed by atoms with E-state index in [1.165, 1.54) is 24.4 Å². The molecule has 0 atom stereocenters. The first kappa shape index (κ1) is 19.6. The van der Waals surface area contributed by atoms with Gasteiger partial charge in [-0.15, -0.1) is 0 Å². The number of furan rings is 1. The van der Waals surface area contributed by atoms with Crippen LogP contribution >= 0.6 is 23.2 Å². The fourth-order valence-corrected chi connectivity index (χ4v) is 2.72. The second-order valence-electron chi connectivity index (χ2n) is 5.72. The number of nitro benzene ring substituents is 1. The predicted octanol–water partition coefficient (Wildman–Crippen LogP) is 4.85. The van der Waals surface area contributed by atoms with Crippen molar-refractivity contribution in [3.63, 3.8) is 0 Å². The molecular weight excluding hydrogens is 405 g/mol. The summed E-state index contributed by atoms with van der Waals surface area (Å²) >= 11 is 11.6. The molecule has 2 aromatic carbocycles.